The van der Waals surface area contributed by atoms with E-state index in [-0.39, 0.29) is 16.1 Å². The minimum absolute atomic E-state index is 0.0300. The number of thiocarbonyl (C=S) groups is 1. The summed E-state index contributed by atoms with van der Waals surface area (Å²) in [6.07, 6.45) is 1.62. The average molecular weight is 541 g/mol. The molecule has 0 unspecified atom stereocenters. The first-order chi connectivity index (χ1) is 15.6. The number of amides is 2. The number of nitrogens with zero attached hydrogens (tertiary/aromatic N) is 1. The van der Waals surface area contributed by atoms with Crippen molar-refractivity contribution in [1.29, 1.82) is 0 Å². The number of nitrogens with one attached hydrogen (secondary N) is 1. The van der Waals surface area contributed by atoms with Crippen LogP contribution in [0.2, 0.25) is 0 Å². The molecule has 5 nitrogen and oxygen atoms in total. The molecule has 2 heterocycles. The molecule has 1 aromatic heterocycles. The molecule has 1 saturated heterocycles. The Kier molecular flexibility index (Phi) is 6.52. The quantitative estimate of drug-likeness (QED) is 0.235. The van der Waals surface area contributed by atoms with Crippen LogP contribution in [0.3, 0.4) is 0 Å². The molecule has 0 atom stereocenters. The first-order valence-electron chi connectivity index (χ1n) is 10.2. The second-order valence-electron chi connectivity index (χ2n) is 8.44. The molecular formula is C25H21BrN2O3S2. The fourth-order valence-corrected chi connectivity index (χ4v) is 5.86. The van der Waals surface area contributed by atoms with E-state index in [0.29, 0.717) is 17.2 Å². The highest BCUT2D eigenvalue weighted by molar-refractivity contribution is 9.10. The lowest BCUT2D eigenvalue weighted by Crippen LogP contribution is -2.54. The van der Waals surface area contributed by atoms with Gasteiger partial charge in [-0.25, -0.2) is 0 Å². The van der Waals surface area contributed by atoms with E-state index in [1.807, 2.05) is 36.4 Å². The number of carbonyl (C=O) groups is 2. The maximum Gasteiger partial charge on any atom is 0.270 e. The average Bonchev–Trinajstić information content (AvgIpc) is 3.14. The van der Waals surface area contributed by atoms with Gasteiger partial charge in [-0.1, -0.05) is 39.0 Å². The van der Waals surface area contributed by atoms with E-state index in [9.17, 15) is 9.59 Å². The van der Waals surface area contributed by atoms with Crippen molar-refractivity contribution in [2.75, 3.05) is 4.90 Å². The molecule has 33 heavy (non-hydrogen) atoms. The maximum atomic E-state index is 13.3. The number of ether oxygens (including phenoxy) is 1. The molecule has 4 rings (SSSR count). The van der Waals surface area contributed by atoms with Gasteiger partial charge in [-0.05, 0) is 82.1 Å². The molecule has 1 N–H and O–H groups in total. The Morgan fingerprint density at radius 1 is 1.03 bits per heavy atom. The van der Waals surface area contributed by atoms with Crippen LogP contribution in [0.1, 0.15) is 30.5 Å². The third kappa shape index (κ3) is 5.08. The normalized spacial score (nSPS) is 15.7. The van der Waals surface area contributed by atoms with E-state index in [0.717, 1.165) is 14.2 Å². The zero-order valence-electron chi connectivity index (χ0n) is 18.2. The zero-order valence-corrected chi connectivity index (χ0v) is 21.4. The van der Waals surface area contributed by atoms with Crippen LogP contribution in [-0.2, 0) is 15.0 Å². The fourth-order valence-electron chi connectivity index (χ4n) is 3.29. The Morgan fingerprint density at radius 2 is 1.67 bits per heavy atom. The van der Waals surface area contributed by atoms with E-state index in [4.69, 9.17) is 17.0 Å². The lowest BCUT2D eigenvalue weighted by molar-refractivity contribution is -0.122. The fraction of sp³-hybridized carbons (Fsp3) is 0.160. The van der Waals surface area contributed by atoms with Crippen LogP contribution in [0.4, 0.5) is 5.69 Å². The van der Waals surface area contributed by atoms with Crippen LogP contribution in [0.25, 0.3) is 6.08 Å². The summed E-state index contributed by atoms with van der Waals surface area (Å²) in [5.74, 6) is 0.358. The largest absolute Gasteiger partial charge is 0.457 e. The van der Waals surface area contributed by atoms with E-state index >= 15 is 0 Å². The number of hydrogen-bond donors (Lipinski definition) is 1. The maximum absolute atomic E-state index is 13.3. The van der Waals surface area contributed by atoms with Crippen LogP contribution in [0.15, 0.2) is 70.7 Å². The minimum atomic E-state index is -0.507. The third-order valence-electron chi connectivity index (χ3n) is 4.85. The summed E-state index contributed by atoms with van der Waals surface area (Å²) < 4.78 is 6.77. The van der Waals surface area contributed by atoms with Crippen molar-refractivity contribution in [3.8, 4) is 11.5 Å². The van der Waals surface area contributed by atoms with Gasteiger partial charge in [-0.15, -0.1) is 11.3 Å². The Bertz CT molecular complexity index is 1260. The molecule has 1 aliphatic heterocycles. The summed E-state index contributed by atoms with van der Waals surface area (Å²) in [5.41, 5.74) is 0.512. The van der Waals surface area contributed by atoms with E-state index < -0.39 is 11.8 Å². The predicted molar refractivity (Wildman–Crippen MR) is 140 cm³/mol. The van der Waals surface area contributed by atoms with Crippen LogP contribution < -0.4 is 15.0 Å². The second-order valence-corrected chi connectivity index (χ2v) is 10.8. The number of hydrogen-bond acceptors (Lipinski definition) is 5. The molecule has 2 aromatic carbocycles. The molecule has 0 spiro atoms. The molecule has 168 valence electrons. The summed E-state index contributed by atoms with van der Waals surface area (Å²) >= 11 is 10.4. The molecule has 2 amide bonds. The highest BCUT2D eigenvalue weighted by Crippen LogP contribution is 2.38. The number of para-hydroxylation sites is 1. The molecule has 1 aliphatic rings. The molecule has 0 bridgehead atoms. The number of carbonyl (C=O) groups excluding carboxylic acids is 2. The lowest BCUT2D eigenvalue weighted by Gasteiger charge is -2.29. The number of rotatable bonds is 4. The monoisotopic (exact) mass is 540 g/mol. The van der Waals surface area contributed by atoms with Gasteiger partial charge in [0.2, 0.25) is 0 Å². The van der Waals surface area contributed by atoms with Crippen molar-refractivity contribution < 1.29 is 14.3 Å². The molecular weight excluding hydrogens is 520 g/mol. The van der Waals surface area contributed by atoms with Gasteiger partial charge in [-0.3, -0.25) is 19.8 Å². The summed E-state index contributed by atoms with van der Waals surface area (Å²) in [5, 5.41) is 2.67. The number of benzene rings is 2. The van der Waals surface area contributed by atoms with Crippen molar-refractivity contribution in [2.45, 2.75) is 26.2 Å². The highest BCUT2D eigenvalue weighted by Gasteiger charge is 2.35. The van der Waals surface area contributed by atoms with Crippen LogP contribution in [0.5, 0.6) is 11.5 Å². The smallest absolute Gasteiger partial charge is 0.270 e. The Labute approximate surface area is 210 Å². The zero-order chi connectivity index (χ0) is 23.8. The molecule has 8 heteroatoms. The first-order valence-corrected chi connectivity index (χ1v) is 12.2. The topological polar surface area (TPSA) is 58.6 Å². The van der Waals surface area contributed by atoms with Crippen molar-refractivity contribution in [2.24, 2.45) is 0 Å². The number of halogens is 1. The Balaban J connectivity index is 1.61. The van der Waals surface area contributed by atoms with E-state index in [1.165, 1.54) is 4.90 Å². The van der Waals surface area contributed by atoms with Crippen molar-refractivity contribution in [3.63, 3.8) is 0 Å². The van der Waals surface area contributed by atoms with Gasteiger partial charge in [0.1, 0.15) is 17.1 Å². The number of anilines is 1. The standard InChI is InChI=1S/C25H21BrN2O3S2/c1-25(2,3)21-20(26)14-18(33-21)13-19-22(29)27-24(32)28(23(19)30)15-9-11-17(12-10-15)31-16-7-5-4-6-8-16/h4-14H,1-3H3,(H,27,29,32). The van der Waals surface area contributed by atoms with Gasteiger partial charge in [0.05, 0.1) is 5.69 Å². The SMILES string of the molecule is CC(C)(C)c1sc(C=C2C(=O)NC(=S)N(c3ccc(Oc4ccccc4)cc3)C2=O)cc1Br. The summed E-state index contributed by atoms with van der Waals surface area (Å²) in [6, 6.07) is 18.3. The van der Waals surface area contributed by atoms with Crippen molar-refractivity contribution in [3.05, 3.63) is 80.5 Å². The van der Waals surface area contributed by atoms with Gasteiger partial charge in [0, 0.05) is 14.2 Å². The minimum Gasteiger partial charge on any atom is -0.457 e. The van der Waals surface area contributed by atoms with E-state index in [2.05, 4.69) is 42.0 Å². The molecule has 1 fully saturated rings. The molecule has 0 radical (unpaired) electrons. The second kappa shape index (κ2) is 9.21. The van der Waals surface area contributed by atoms with Crippen LogP contribution in [-0.4, -0.2) is 16.9 Å². The van der Waals surface area contributed by atoms with E-state index in [1.54, 1.807) is 41.7 Å². The first kappa shape index (κ1) is 23.4. The Hall–Kier alpha value is -2.81. The Morgan fingerprint density at radius 3 is 2.27 bits per heavy atom. The van der Waals surface area contributed by atoms with Gasteiger partial charge in [0.15, 0.2) is 5.11 Å². The predicted octanol–water partition coefficient (Wildman–Crippen LogP) is 6.43. The summed E-state index contributed by atoms with van der Waals surface area (Å²) in [7, 11) is 0. The van der Waals surface area contributed by atoms with Crippen molar-refractivity contribution >= 4 is 68.2 Å². The third-order valence-corrected chi connectivity index (χ3v) is 7.53. The van der Waals surface area contributed by atoms with Gasteiger partial charge >= 0.3 is 0 Å². The van der Waals surface area contributed by atoms with Gasteiger partial charge in [0.25, 0.3) is 11.8 Å². The van der Waals surface area contributed by atoms with Crippen LogP contribution >= 0.6 is 39.5 Å². The van der Waals surface area contributed by atoms with Gasteiger partial charge in [-0.2, -0.15) is 0 Å². The number of thiophene rings is 1. The van der Waals surface area contributed by atoms with Crippen molar-refractivity contribution in [1.82, 2.24) is 5.32 Å². The molecule has 0 aliphatic carbocycles. The summed E-state index contributed by atoms with van der Waals surface area (Å²) in [4.78, 5) is 29.2. The molecule has 0 saturated carbocycles. The molecule has 3 aromatic rings. The lowest BCUT2D eigenvalue weighted by atomic mass is 9.95. The summed E-state index contributed by atoms with van der Waals surface area (Å²) in [6.45, 7) is 6.35. The highest BCUT2D eigenvalue weighted by atomic mass is 79.9. The van der Waals surface area contributed by atoms with Crippen LogP contribution in [0, 0.1) is 0 Å². The van der Waals surface area contributed by atoms with Gasteiger partial charge < -0.3 is 4.74 Å².